The molecule has 0 aliphatic carbocycles. The van der Waals surface area contributed by atoms with Crippen molar-refractivity contribution in [2.24, 2.45) is 15.8 Å². The van der Waals surface area contributed by atoms with E-state index in [0.29, 0.717) is 5.95 Å². The molecule has 0 aliphatic rings. The van der Waals surface area contributed by atoms with Crippen LogP contribution in [0.3, 0.4) is 0 Å². The van der Waals surface area contributed by atoms with Gasteiger partial charge >= 0.3 is 0 Å². The monoisotopic (exact) mass is 259 g/mol. The molecule has 0 fully saturated rings. The summed E-state index contributed by atoms with van der Waals surface area (Å²) in [6.45, 7) is 5.87. The molecule has 0 unspecified atom stereocenters. The van der Waals surface area contributed by atoms with Gasteiger partial charge in [-0.05, 0) is 26.8 Å². The fourth-order valence-electron chi connectivity index (χ4n) is 1.53. The lowest BCUT2D eigenvalue weighted by Gasteiger charge is -2.01. The predicted molar refractivity (Wildman–Crippen MR) is 76.7 cm³/mol. The van der Waals surface area contributed by atoms with Crippen molar-refractivity contribution in [1.29, 1.82) is 0 Å². The van der Waals surface area contributed by atoms with Gasteiger partial charge in [-0.3, -0.25) is 0 Å². The Bertz CT molecular complexity index is 624. The Kier molecular flexibility index (Phi) is 3.74. The molecule has 2 aromatic rings. The number of aliphatic imine (C=N–C) groups is 1. The first-order chi connectivity index (χ1) is 9.06. The maximum atomic E-state index is 5.73. The van der Waals surface area contributed by atoms with Crippen molar-refractivity contribution in [2.45, 2.75) is 26.8 Å². The van der Waals surface area contributed by atoms with Crippen LogP contribution in [0.15, 0.2) is 22.4 Å². The Morgan fingerprint density at radius 1 is 1.47 bits per heavy atom. The van der Waals surface area contributed by atoms with Gasteiger partial charge in [0.15, 0.2) is 0 Å². The molecule has 4 N–H and O–H groups in total. The second kappa shape index (κ2) is 5.47. The molecule has 2 aromatic heterocycles. The van der Waals surface area contributed by atoms with Crippen LogP contribution < -0.4 is 11.2 Å². The molecule has 0 atom stereocenters. The number of aromatic amines is 1. The first-order valence-electron chi connectivity index (χ1n) is 6.00. The Labute approximate surface area is 111 Å². The van der Waals surface area contributed by atoms with Crippen molar-refractivity contribution in [1.82, 2.24) is 20.4 Å². The normalized spacial score (nSPS) is 12.7. The number of rotatable bonds is 4. The summed E-state index contributed by atoms with van der Waals surface area (Å²) in [5.41, 5.74) is 10.2. The highest BCUT2D eigenvalue weighted by Crippen LogP contribution is 2.16. The first kappa shape index (κ1) is 13.0. The summed E-state index contributed by atoms with van der Waals surface area (Å²) in [6, 6.07) is 2.17. The van der Waals surface area contributed by atoms with Crippen LogP contribution in [0.2, 0.25) is 0 Å². The second-order valence-electron chi connectivity index (χ2n) is 4.43. The molecule has 7 heteroatoms. The molecular weight excluding hydrogens is 242 g/mol. The van der Waals surface area contributed by atoms with Gasteiger partial charge in [-0.2, -0.15) is 15.1 Å². The predicted octanol–water partition coefficient (Wildman–Crippen LogP) is 1.24. The number of hydrogen-bond donors (Lipinski definition) is 3. The van der Waals surface area contributed by atoms with E-state index < -0.39 is 0 Å². The lowest BCUT2D eigenvalue weighted by atomic mass is 10.3. The molecule has 0 spiro atoms. The topological polar surface area (TPSA) is 104 Å². The number of hydrogen-bond acceptors (Lipinski definition) is 5. The van der Waals surface area contributed by atoms with Crippen molar-refractivity contribution >= 4 is 29.0 Å². The van der Waals surface area contributed by atoms with E-state index in [1.165, 1.54) is 6.21 Å². The number of aryl methyl sites for hydroxylation is 1. The van der Waals surface area contributed by atoms with E-state index in [1.54, 1.807) is 0 Å². The number of amidine groups is 1. The summed E-state index contributed by atoms with van der Waals surface area (Å²) >= 11 is 0. The molecule has 2 heterocycles. The van der Waals surface area contributed by atoms with Gasteiger partial charge in [-0.25, -0.2) is 4.98 Å². The van der Waals surface area contributed by atoms with Crippen LogP contribution in [0, 0.1) is 6.92 Å². The minimum absolute atomic E-state index is 0.248. The molecular formula is C12H17N7. The second-order valence-corrected chi connectivity index (χ2v) is 4.43. The molecule has 0 saturated carbocycles. The number of fused-ring (bicyclic) bond motifs is 1. The highest BCUT2D eigenvalue weighted by atomic mass is 15.3. The van der Waals surface area contributed by atoms with E-state index in [-0.39, 0.29) is 11.9 Å². The lowest BCUT2D eigenvalue weighted by Crippen LogP contribution is -2.20. The summed E-state index contributed by atoms with van der Waals surface area (Å²) in [7, 11) is 0. The molecule has 0 radical (unpaired) electrons. The molecule has 0 bridgehead atoms. The van der Waals surface area contributed by atoms with Crippen molar-refractivity contribution in [3.8, 4) is 0 Å². The van der Waals surface area contributed by atoms with Crippen molar-refractivity contribution in [3.63, 3.8) is 0 Å². The van der Waals surface area contributed by atoms with Gasteiger partial charge in [0, 0.05) is 17.6 Å². The molecule has 7 nitrogen and oxygen atoms in total. The minimum Gasteiger partial charge on any atom is -0.382 e. The van der Waals surface area contributed by atoms with Crippen LogP contribution in [0.25, 0.3) is 11.0 Å². The minimum atomic E-state index is 0.248. The summed E-state index contributed by atoms with van der Waals surface area (Å²) in [5.74, 6) is 0.569. The average molecular weight is 259 g/mol. The van der Waals surface area contributed by atoms with Crippen LogP contribution in [0.1, 0.15) is 19.5 Å². The van der Waals surface area contributed by atoms with Crippen LogP contribution in [0.4, 0.5) is 5.95 Å². The van der Waals surface area contributed by atoms with Crippen LogP contribution >= 0.6 is 0 Å². The van der Waals surface area contributed by atoms with E-state index >= 15 is 0 Å². The molecule has 0 aliphatic heterocycles. The van der Waals surface area contributed by atoms with Gasteiger partial charge in [0.05, 0.1) is 11.9 Å². The zero-order chi connectivity index (χ0) is 13.8. The standard InChI is InChI=1S/C12H17N7/c1-7(2)19-15-6-10(13)17-12-16-8(3)9-4-5-14-11(9)18-12/h4-7,19H,1-3H3,(H3,13,14,16,17,18)/b15-6-. The number of hydrazone groups is 1. The number of nitrogens with zero attached hydrogens (tertiary/aromatic N) is 4. The zero-order valence-corrected chi connectivity index (χ0v) is 11.2. The maximum absolute atomic E-state index is 5.73. The fourth-order valence-corrected chi connectivity index (χ4v) is 1.53. The Morgan fingerprint density at radius 3 is 3.00 bits per heavy atom. The lowest BCUT2D eigenvalue weighted by molar-refractivity contribution is 0.623. The number of nitrogens with one attached hydrogen (secondary N) is 2. The summed E-state index contributed by atoms with van der Waals surface area (Å²) in [5, 5.41) is 4.93. The Balaban J connectivity index is 2.22. The SMILES string of the molecule is Cc1nc(N=C(N)/C=N\NC(C)C)nc2[nH]ccc12. The highest BCUT2D eigenvalue weighted by Gasteiger charge is 2.04. The Morgan fingerprint density at radius 2 is 2.26 bits per heavy atom. The van der Waals surface area contributed by atoms with Crippen molar-refractivity contribution < 1.29 is 0 Å². The fraction of sp³-hybridized carbons (Fsp3) is 0.333. The van der Waals surface area contributed by atoms with Crippen LogP contribution in [-0.4, -0.2) is 33.0 Å². The van der Waals surface area contributed by atoms with Crippen LogP contribution in [-0.2, 0) is 0 Å². The third kappa shape index (κ3) is 3.27. The van der Waals surface area contributed by atoms with E-state index in [9.17, 15) is 0 Å². The third-order valence-electron chi connectivity index (χ3n) is 2.35. The maximum Gasteiger partial charge on any atom is 0.253 e. The van der Waals surface area contributed by atoms with Crippen molar-refractivity contribution in [3.05, 3.63) is 18.0 Å². The quantitative estimate of drug-likeness (QED) is 0.436. The van der Waals surface area contributed by atoms with Gasteiger partial charge in [0.1, 0.15) is 11.5 Å². The average Bonchev–Trinajstić information content (AvgIpc) is 2.76. The molecule has 0 aromatic carbocycles. The van der Waals surface area contributed by atoms with E-state index in [2.05, 4.69) is 30.5 Å². The molecule has 2 rings (SSSR count). The summed E-state index contributed by atoms with van der Waals surface area (Å²) < 4.78 is 0. The number of aromatic nitrogens is 3. The summed E-state index contributed by atoms with van der Waals surface area (Å²) in [4.78, 5) is 15.7. The zero-order valence-electron chi connectivity index (χ0n) is 11.2. The molecule has 0 amide bonds. The van der Waals surface area contributed by atoms with Gasteiger partial charge in [-0.1, -0.05) is 0 Å². The first-order valence-corrected chi connectivity index (χ1v) is 6.00. The van der Waals surface area contributed by atoms with E-state index in [1.807, 2.05) is 33.0 Å². The van der Waals surface area contributed by atoms with E-state index in [4.69, 9.17) is 5.73 Å². The number of nitrogens with two attached hydrogens (primary N) is 1. The van der Waals surface area contributed by atoms with Crippen LogP contribution in [0.5, 0.6) is 0 Å². The smallest absolute Gasteiger partial charge is 0.253 e. The van der Waals surface area contributed by atoms with Gasteiger partial charge in [-0.15, -0.1) is 0 Å². The van der Waals surface area contributed by atoms with Gasteiger partial charge < -0.3 is 16.1 Å². The Hall–Kier alpha value is -2.44. The molecule has 19 heavy (non-hydrogen) atoms. The largest absolute Gasteiger partial charge is 0.382 e. The highest BCUT2D eigenvalue weighted by molar-refractivity contribution is 6.29. The third-order valence-corrected chi connectivity index (χ3v) is 2.35. The molecule has 100 valence electrons. The summed E-state index contributed by atoms with van der Waals surface area (Å²) in [6.07, 6.45) is 3.26. The van der Waals surface area contributed by atoms with E-state index in [0.717, 1.165) is 16.7 Å². The number of H-pyrrole nitrogens is 1. The van der Waals surface area contributed by atoms with Gasteiger partial charge in [0.2, 0.25) is 0 Å². The molecule has 0 saturated heterocycles. The van der Waals surface area contributed by atoms with Gasteiger partial charge in [0.25, 0.3) is 5.95 Å². The van der Waals surface area contributed by atoms with Crippen molar-refractivity contribution in [2.75, 3.05) is 0 Å².